The van der Waals surface area contributed by atoms with Gasteiger partial charge in [-0.05, 0) is 42.0 Å². The average Bonchev–Trinajstić information content (AvgIpc) is 2.80. The summed E-state index contributed by atoms with van der Waals surface area (Å²) in [6, 6.07) is 20.0. The van der Waals surface area contributed by atoms with Crippen molar-refractivity contribution in [1.29, 1.82) is 0 Å². The number of nitrogens with zero attached hydrogens (tertiary/aromatic N) is 4. The summed E-state index contributed by atoms with van der Waals surface area (Å²) >= 11 is 6.00. The smallest absolute Gasteiger partial charge is 0.276 e. The van der Waals surface area contributed by atoms with Crippen molar-refractivity contribution in [2.45, 2.75) is 6.42 Å². The van der Waals surface area contributed by atoms with Crippen molar-refractivity contribution in [2.75, 3.05) is 36.4 Å². The molecule has 0 saturated carbocycles. The number of benzene rings is 2. The lowest BCUT2D eigenvalue weighted by Gasteiger charge is -2.35. The maximum absolute atomic E-state index is 12.6. The molecule has 0 unspecified atom stereocenters. The van der Waals surface area contributed by atoms with Crippen molar-refractivity contribution in [3.8, 4) is 0 Å². The summed E-state index contributed by atoms with van der Waals surface area (Å²) in [5, 5.41) is 11.7. The summed E-state index contributed by atoms with van der Waals surface area (Å²) in [4.78, 5) is 28.8. The van der Waals surface area contributed by atoms with Gasteiger partial charge in [-0.2, -0.15) is 0 Å². The average molecular weight is 436 g/mol. The third kappa shape index (κ3) is 5.38. The number of nitrogens with one attached hydrogen (secondary N) is 1. The molecule has 1 fully saturated rings. The predicted octanol–water partition coefficient (Wildman–Crippen LogP) is 3.27. The fourth-order valence-electron chi connectivity index (χ4n) is 3.45. The molecule has 0 aliphatic carbocycles. The number of amides is 2. The van der Waals surface area contributed by atoms with Gasteiger partial charge < -0.3 is 15.1 Å². The lowest BCUT2D eigenvalue weighted by molar-refractivity contribution is -0.130. The zero-order valence-corrected chi connectivity index (χ0v) is 17.6. The molecule has 31 heavy (non-hydrogen) atoms. The van der Waals surface area contributed by atoms with E-state index in [9.17, 15) is 9.59 Å². The zero-order valence-electron chi connectivity index (χ0n) is 16.9. The Bertz CT molecular complexity index is 1050. The molecule has 158 valence electrons. The highest BCUT2D eigenvalue weighted by Crippen LogP contribution is 2.16. The van der Waals surface area contributed by atoms with Gasteiger partial charge in [-0.1, -0.05) is 41.9 Å². The summed E-state index contributed by atoms with van der Waals surface area (Å²) < 4.78 is 0. The molecule has 4 rings (SSSR count). The minimum absolute atomic E-state index is 0.0842. The van der Waals surface area contributed by atoms with Crippen molar-refractivity contribution >= 4 is 34.9 Å². The molecule has 1 aliphatic rings. The SMILES string of the molecule is O=C(Nc1ccccc1)c1ccc(N2CCN(C(=O)Cc3cccc(Cl)c3)CC2)nn1. The number of anilines is 2. The molecule has 1 aliphatic heterocycles. The number of carbonyl (C=O) groups is 2. The lowest BCUT2D eigenvalue weighted by Crippen LogP contribution is -2.49. The summed E-state index contributed by atoms with van der Waals surface area (Å²) in [5.41, 5.74) is 1.87. The van der Waals surface area contributed by atoms with Crippen LogP contribution < -0.4 is 10.2 Å². The predicted molar refractivity (Wildman–Crippen MR) is 120 cm³/mol. The quantitative estimate of drug-likeness (QED) is 0.665. The molecule has 0 spiro atoms. The fraction of sp³-hybridized carbons (Fsp3) is 0.217. The van der Waals surface area contributed by atoms with Crippen molar-refractivity contribution in [3.63, 3.8) is 0 Å². The van der Waals surface area contributed by atoms with Gasteiger partial charge in [0.25, 0.3) is 5.91 Å². The summed E-state index contributed by atoms with van der Waals surface area (Å²) in [6.45, 7) is 2.53. The highest BCUT2D eigenvalue weighted by atomic mass is 35.5. The van der Waals surface area contributed by atoms with E-state index >= 15 is 0 Å². The Morgan fingerprint density at radius 3 is 2.35 bits per heavy atom. The van der Waals surface area contributed by atoms with Crippen molar-refractivity contribution in [3.05, 3.63) is 83.0 Å². The second-order valence-corrected chi connectivity index (χ2v) is 7.71. The van der Waals surface area contributed by atoms with Crippen LogP contribution in [0.1, 0.15) is 16.1 Å². The van der Waals surface area contributed by atoms with Gasteiger partial charge in [-0.3, -0.25) is 9.59 Å². The topological polar surface area (TPSA) is 78.4 Å². The van der Waals surface area contributed by atoms with Gasteiger partial charge in [-0.25, -0.2) is 0 Å². The highest BCUT2D eigenvalue weighted by molar-refractivity contribution is 6.30. The van der Waals surface area contributed by atoms with Gasteiger partial charge in [-0.15, -0.1) is 10.2 Å². The number of carbonyl (C=O) groups excluding carboxylic acids is 2. The van der Waals surface area contributed by atoms with Gasteiger partial charge in [0.15, 0.2) is 11.5 Å². The minimum atomic E-state index is -0.304. The maximum Gasteiger partial charge on any atom is 0.276 e. The first-order chi connectivity index (χ1) is 15.1. The van der Waals surface area contributed by atoms with E-state index in [-0.39, 0.29) is 17.5 Å². The highest BCUT2D eigenvalue weighted by Gasteiger charge is 2.22. The van der Waals surface area contributed by atoms with Crippen LogP contribution in [0.4, 0.5) is 11.5 Å². The van der Waals surface area contributed by atoms with E-state index in [1.54, 1.807) is 18.2 Å². The first kappa shape index (κ1) is 20.8. The summed E-state index contributed by atoms with van der Waals surface area (Å²) in [6.07, 6.45) is 0.339. The molecule has 0 bridgehead atoms. The normalized spacial score (nSPS) is 13.7. The molecular weight excluding hydrogens is 414 g/mol. The van der Waals surface area contributed by atoms with Crippen LogP contribution in [0, 0.1) is 0 Å². The van der Waals surface area contributed by atoms with Crippen molar-refractivity contribution in [1.82, 2.24) is 15.1 Å². The number of halogens is 1. The number of rotatable bonds is 5. The van der Waals surface area contributed by atoms with E-state index in [1.165, 1.54) is 0 Å². The molecule has 7 nitrogen and oxygen atoms in total. The van der Waals surface area contributed by atoms with Crippen LogP contribution in [0.3, 0.4) is 0 Å². The third-order valence-corrected chi connectivity index (χ3v) is 5.35. The standard InChI is InChI=1S/C23H22ClN5O2/c24-18-6-4-5-17(15-18)16-22(30)29-13-11-28(12-14-29)21-10-9-20(26-27-21)23(31)25-19-7-2-1-3-8-19/h1-10,15H,11-14,16H2,(H,25,31). The molecule has 0 atom stereocenters. The number of hydrogen-bond acceptors (Lipinski definition) is 5. The third-order valence-electron chi connectivity index (χ3n) is 5.12. The van der Waals surface area contributed by atoms with Gasteiger partial charge in [0, 0.05) is 36.9 Å². The van der Waals surface area contributed by atoms with E-state index in [1.807, 2.05) is 53.4 Å². The zero-order chi connectivity index (χ0) is 21.6. The van der Waals surface area contributed by atoms with Crippen molar-refractivity contribution < 1.29 is 9.59 Å². The van der Waals surface area contributed by atoms with Crippen LogP contribution in [0.2, 0.25) is 5.02 Å². The van der Waals surface area contributed by atoms with Crippen LogP contribution in [-0.4, -0.2) is 53.1 Å². The van der Waals surface area contributed by atoms with Crippen molar-refractivity contribution in [2.24, 2.45) is 0 Å². The van der Waals surface area contributed by atoms with Crippen LogP contribution in [-0.2, 0) is 11.2 Å². The Morgan fingerprint density at radius 2 is 1.68 bits per heavy atom. The number of piperazine rings is 1. The molecule has 1 N–H and O–H groups in total. The molecule has 8 heteroatoms. The summed E-state index contributed by atoms with van der Waals surface area (Å²) in [5.74, 6) is 0.473. The Kier molecular flexibility index (Phi) is 6.43. The second kappa shape index (κ2) is 9.57. The minimum Gasteiger partial charge on any atom is -0.352 e. The first-order valence-electron chi connectivity index (χ1n) is 10.1. The Hall–Kier alpha value is -3.45. The molecule has 3 aromatic rings. The van der Waals surface area contributed by atoms with Crippen LogP contribution >= 0.6 is 11.6 Å². The van der Waals surface area contributed by atoms with Gasteiger partial charge in [0.05, 0.1) is 6.42 Å². The Balaban J connectivity index is 1.30. The summed E-state index contributed by atoms with van der Waals surface area (Å²) in [7, 11) is 0. The van der Waals surface area contributed by atoms with E-state index in [0.717, 1.165) is 5.56 Å². The van der Waals surface area contributed by atoms with Gasteiger partial charge in [0.2, 0.25) is 5.91 Å². The van der Waals surface area contributed by atoms with E-state index in [4.69, 9.17) is 11.6 Å². The van der Waals surface area contributed by atoms with Crippen LogP contribution in [0.15, 0.2) is 66.7 Å². The van der Waals surface area contributed by atoms with E-state index in [2.05, 4.69) is 20.4 Å². The first-order valence-corrected chi connectivity index (χ1v) is 10.4. The Labute approximate surface area is 185 Å². The lowest BCUT2D eigenvalue weighted by atomic mass is 10.1. The molecule has 0 radical (unpaired) electrons. The number of aromatic nitrogens is 2. The van der Waals surface area contributed by atoms with Crippen LogP contribution in [0.5, 0.6) is 0 Å². The molecule has 1 saturated heterocycles. The molecule has 1 aromatic heterocycles. The molecule has 2 amide bonds. The number of para-hydroxylation sites is 1. The molecule has 2 heterocycles. The monoisotopic (exact) mass is 435 g/mol. The molecule has 2 aromatic carbocycles. The number of hydrogen-bond donors (Lipinski definition) is 1. The van der Waals surface area contributed by atoms with E-state index < -0.39 is 0 Å². The molecular formula is C23H22ClN5O2. The maximum atomic E-state index is 12.6. The fourth-order valence-corrected chi connectivity index (χ4v) is 3.66. The van der Waals surface area contributed by atoms with Gasteiger partial charge in [0.1, 0.15) is 0 Å². The van der Waals surface area contributed by atoms with Gasteiger partial charge >= 0.3 is 0 Å². The largest absolute Gasteiger partial charge is 0.352 e. The van der Waals surface area contributed by atoms with Crippen LogP contribution in [0.25, 0.3) is 0 Å². The van der Waals surface area contributed by atoms with E-state index in [0.29, 0.717) is 49.1 Å². The Morgan fingerprint density at radius 1 is 0.903 bits per heavy atom. The second-order valence-electron chi connectivity index (χ2n) is 7.27.